The van der Waals surface area contributed by atoms with Gasteiger partial charge in [-0.25, -0.2) is 4.79 Å². The molecule has 3 N–H and O–H groups in total. The Bertz CT molecular complexity index is 505. The van der Waals surface area contributed by atoms with E-state index in [2.05, 4.69) is 19.2 Å². The third-order valence-corrected chi connectivity index (χ3v) is 4.19. The van der Waals surface area contributed by atoms with Crippen molar-refractivity contribution in [2.24, 2.45) is 17.1 Å². The summed E-state index contributed by atoms with van der Waals surface area (Å²) in [5.74, 6) is 0.215. The van der Waals surface area contributed by atoms with Gasteiger partial charge in [0.05, 0.1) is 6.04 Å². The number of carbonyl (C=O) groups is 1. The van der Waals surface area contributed by atoms with Crippen molar-refractivity contribution in [1.82, 2.24) is 5.32 Å². The zero-order valence-electron chi connectivity index (χ0n) is 13.5. The minimum atomic E-state index is -0.507. The number of nitrogens with two attached hydrogens (primary N) is 1. The van der Waals surface area contributed by atoms with Crippen LogP contribution in [-0.4, -0.2) is 17.7 Å². The fourth-order valence-corrected chi connectivity index (χ4v) is 2.83. The van der Waals surface area contributed by atoms with Crippen LogP contribution < -0.4 is 11.1 Å². The summed E-state index contributed by atoms with van der Waals surface area (Å²) in [6, 6.07) is 9.90. The molecule has 116 valence electrons. The highest BCUT2D eigenvalue weighted by Gasteiger charge is 2.59. The molecule has 0 radical (unpaired) electrons. The van der Waals surface area contributed by atoms with E-state index in [0.29, 0.717) is 0 Å². The highest BCUT2D eigenvalue weighted by atomic mass is 16.6. The molecule has 0 aliphatic heterocycles. The van der Waals surface area contributed by atoms with Crippen molar-refractivity contribution in [2.75, 3.05) is 0 Å². The van der Waals surface area contributed by atoms with E-state index in [0.717, 1.165) is 5.56 Å². The topological polar surface area (TPSA) is 64.3 Å². The fraction of sp³-hybridized carbons (Fsp3) is 0.588. The average molecular weight is 290 g/mol. The number of rotatable bonds is 3. The Labute approximate surface area is 127 Å². The maximum absolute atomic E-state index is 12.1. The Morgan fingerprint density at radius 2 is 1.81 bits per heavy atom. The van der Waals surface area contributed by atoms with E-state index >= 15 is 0 Å². The molecule has 0 spiro atoms. The van der Waals surface area contributed by atoms with Crippen LogP contribution in [0.5, 0.6) is 0 Å². The Morgan fingerprint density at radius 1 is 1.29 bits per heavy atom. The van der Waals surface area contributed by atoms with Crippen molar-refractivity contribution in [1.29, 1.82) is 0 Å². The van der Waals surface area contributed by atoms with Crippen molar-refractivity contribution >= 4 is 6.09 Å². The van der Waals surface area contributed by atoms with Gasteiger partial charge in [-0.3, -0.25) is 0 Å². The molecule has 2 rings (SSSR count). The first-order chi connectivity index (χ1) is 9.63. The van der Waals surface area contributed by atoms with Crippen LogP contribution in [-0.2, 0) is 4.74 Å². The summed E-state index contributed by atoms with van der Waals surface area (Å²) < 4.78 is 5.38. The molecule has 4 nitrogen and oxygen atoms in total. The number of nitrogens with one attached hydrogen (secondary N) is 1. The molecule has 21 heavy (non-hydrogen) atoms. The van der Waals surface area contributed by atoms with Crippen molar-refractivity contribution < 1.29 is 9.53 Å². The molecule has 1 amide bonds. The second-order valence-electron chi connectivity index (χ2n) is 7.41. The first kappa shape index (κ1) is 15.8. The van der Waals surface area contributed by atoms with Gasteiger partial charge in [0.25, 0.3) is 0 Å². The molecule has 0 heterocycles. The summed E-state index contributed by atoms with van der Waals surface area (Å²) in [4.78, 5) is 12.1. The van der Waals surface area contributed by atoms with Crippen LogP contribution >= 0.6 is 0 Å². The Hall–Kier alpha value is -1.55. The van der Waals surface area contributed by atoms with Crippen LogP contribution in [0.15, 0.2) is 30.3 Å². The van der Waals surface area contributed by atoms with Crippen molar-refractivity contribution in [2.45, 2.75) is 52.3 Å². The smallest absolute Gasteiger partial charge is 0.408 e. The number of alkyl carbamates (subject to hydrolysis) is 1. The standard InChI is InChI=1S/C17H26N2O2/c1-16(2,3)21-15(20)19-13(11-9-7-6-8-10-11)12-14(18)17(12,4)5/h6-10,12-14H,18H2,1-5H3,(H,19,20)/t12-,13?,14-/m1/s1. The summed E-state index contributed by atoms with van der Waals surface area (Å²) in [7, 11) is 0. The average Bonchev–Trinajstić information content (AvgIpc) is 2.84. The van der Waals surface area contributed by atoms with Crippen molar-refractivity contribution in [3.05, 3.63) is 35.9 Å². The van der Waals surface area contributed by atoms with E-state index in [1.54, 1.807) is 0 Å². The Balaban J connectivity index is 2.17. The second kappa shape index (κ2) is 5.34. The highest BCUT2D eigenvalue weighted by molar-refractivity contribution is 5.68. The van der Waals surface area contributed by atoms with Crippen molar-refractivity contribution in [3.63, 3.8) is 0 Å². The molecular formula is C17H26N2O2. The maximum atomic E-state index is 12.1. The predicted molar refractivity (Wildman–Crippen MR) is 83.8 cm³/mol. The molecule has 1 aromatic rings. The van der Waals surface area contributed by atoms with E-state index < -0.39 is 11.7 Å². The van der Waals surface area contributed by atoms with Crippen LogP contribution in [0.4, 0.5) is 4.79 Å². The number of benzene rings is 1. The Kier molecular flexibility index (Phi) is 4.02. The zero-order valence-corrected chi connectivity index (χ0v) is 13.5. The number of amides is 1. The van der Waals surface area contributed by atoms with Crippen LogP contribution in [0.25, 0.3) is 0 Å². The van der Waals surface area contributed by atoms with Gasteiger partial charge in [0.15, 0.2) is 0 Å². The monoisotopic (exact) mass is 290 g/mol. The lowest BCUT2D eigenvalue weighted by Gasteiger charge is -2.25. The van der Waals surface area contributed by atoms with Crippen LogP contribution in [0.1, 0.15) is 46.2 Å². The minimum Gasteiger partial charge on any atom is -0.444 e. The molecule has 1 saturated carbocycles. The van der Waals surface area contributed by atoms with E-state index in [1.165, 1.54) is 0 Å². The number of hydrogen-bond donors (Lipinski definition) is 2. The van der Waals surface area contributed by atoms with Crippen LogP contribution in [0, 0.1) is 11.3 Å². The predicted octanol–water partition coefficient (Wildman–Crippen LogP) is 3.24. The summed E-state index contributed by atoms with van der Waals surface area (Å²) >= 11 is 0. The van der Waals surface area contributed by atoms with Gasteiger partial charge in [-0.1, -0.05) is 44.2 Å². The molecule has 4 heteroatoms. The lowest BCUT2D eigenvalue weighted by molar-refractivity contribution is 0.0493. The van der Waals surface area contributed by atoms with Gasteiger partial charge >= 0.3 is 6.09 Å². The SMILES string of the molecule is CC(C)(C)OC(=O)NC(c1ccccc1)[C@@H]1[C@@H](N)C1(C)C. The van der Waals surface area contributed by atoms with Gasteiger partial charge in [-0.05, 0) is 31.7 Å². The minimum absolute atomic E-state index is 0.0233. The first-order valence-corrected chi connectivity index (χ1v) is 7.43. The molecule has 0 bridgehead atoms. The Morgan fingerprint density at radius 3 is 2.24 bits per heavy atom. The molecule has 3 atom stereocenters. The lowest BCUT2D eigenvalue weighted by Crippen LogP contribution is -2.36. The summed E-state index contributed by atoms with van der Waals surface area (Å²) in [6.45, 7) is 9.84. The van der Waals surface area contributed by atoms with Crippen LogP contribution in [0.3, 0.4) is 0 Å². The van der Waals surface area contributed by atoms with Gasteiger partial charge in [0, 0.05) is 12.0 Å². The number of ether oxygens (including phenoxy) is 1. The molecule has 1 fully saturated rings. The summed E-state index contributed by atoms with van der Waals surface area (Å²) in [5.41, 5.74) is 6.77. The molecule has 1 aliphatic carbocycles. The third kappa shape index (κ3) is 3.56. The first-order valence-electron chi connectivity index (χ1n) is 7.43. The van der Waals surface area contributed by atoms with Gasteiger partial charge in [-0.2, -0.15) is 0 Å². The quantitative estimate of drug-likeness (QED) is 0.898. The van der Waals surface area contributed by atoms with Crippen molar-refractivity contribution in [3.8, 4) is 0 Å². The molecule has 1 unspecified atom stereocenters. The second-order valence-corrected chi connectivity index (χ2v) is 7.41. The van der Waals surface area contributed by atoms with Gasteiger partial charge in [-0.15, -0.1) is 0 Å². The molecule has 0 aromatic heterocycles. The zero-order chi connectivity index (χ0) is 15.8. The number of hydrogen-bond acceptors (Lipinski definition) is 3. The third-order valence-electron chi connectivity index (χ3n) is 4.19. The lowest BCUT2D eigenvalue weighted by atomic mass is 9.97. The molecule has 0 saturated heterocycles. The van der Waals surface area contributed by atoms with Gasteiger partial charge in [0.2, 0.25) is 0 Å². The molecule has 1 aliphatic rings. The number of carbonyl (C=O) groups excluding carboxylic acids is 1. The van der Waals surface area contributed by atoms with Crippen LogP contribution in [0.2, 0.25) is 0 Å². The normalized spacial score (nSPS) is 25.0. The van der Waals surface area contributed by atoms with E-state index in [1.807, 2.05) is 51.1 Å². The molecular weight excluding hydrogens is 264 g/mol. The van der Waals surface area contributed by atoms with E-state index in [4.69, 9.17) is 10.5 Å². The van der Waals surface area contributed by atoms with Gasteiger partial charge in [0.1, 0.15) is 5.60 Å². The van der Waals surface area contributed by atoms with Gasteiger partial charge < -0.3 is 15.8 Å². The van der Waals surface area contributed by atoms with E-state index in [-0.39, 0.29) is 23.4 Å². The molecule has 1 aromatic carbocycles. The summed E-state index contributed by atoms with van der Waals surface area (Å²) in [6.07, 6.45) is -0.397. The highest BCUT2D eigenvalue weighted by Crippen LogP contribution is 2.56. The maximum Gasteiger partial charge on any atom is 0.408 e. The largest absolute Gasteiger partial charge is 0.444 e. The fourth-order valence-electron chi connectivity index (χ4n) is 2.83. The van der Waals surface area contributed by atoms with E-state index in [9.17, 15) is 4.79 Å². The summed E-state index contributed by atoms with van der Waals surface area (Å²) in [5, 5.41) is 3.00.